The van der Waals surface area contributed by atoms with E-state index in [0.717, 1.165) is 25.5 Å². The summed E-state index contributed by atoms with van der Waals surface area (Å²) in [5, 5.41) is 0. The van der Waals surface area contributed by atoms with Gasteiger partial charge >= 0.3 is 12.1 Å². The van der Waals surface area contributed by atoms with E-state index in [0.29, 0.717) is 36.7 Å². The lowest BCUT2D eigenvalue weighted by Gasteiger charge is -2.15. The van der Waals surface area contributed by atoms with Crippen LogP contribution in [0, 0.1) is 0 Å². The number of hydrogen-bond acceptors (Lipinski definition) is 7. The molecular weight excluding hydrogens is 376 g/mol. The quantitative estimate of drug-likeness (QED) is 0.253. The van der Waals surface area contributed by atoms with Crippen LogP contribution in [0.1, 0.15) is 57.4 Å². The molecule has 0 unspecified atom stereocenters. The van der Waals surface area contributed by atoms with Gasteiger partial charge in [0.1, 0.15) is 0 Å². The molecule has 0 aliphatic carbocycles. The lowest BCUT2D eigenvalue weighted by atomic mass is 10.1. The molecule has 1 rings (SSSR count). The van der Waals surface area contributed by atoms with E-state index < -0.39 is 12.1 Å². The van der Waals surface area contributed by atoms with Gasteiger partial charge in [-0.2, -0.15) is 0 Å². The van der Waals surface area contributed by atoms with Crippen LogP contribution in [0.4, 0.5) is 4.79 Å². The molecule has 0 radical (unpaired) electrons. The van der Waals surface area contributed by atoms with Crippen molar-refractivity contribution in [2.75, 3.05) is 27.9 Å². The van der Waals surface area contributed by atoms with Crippen LogP contribution in [0.2, 0.25) is 0 Å². The van der Waals surface area contributed by atoms with Gasteiger partial charge < -0.3 is 23.7 Å². The summed E-state index contributed by atoms with van der Waals surface area (Å²) in [6.45, 7) is 2.79. The van der Waals surface area contributed by atoms with Gasteiger partial charge in [0, 0.05) is 6.42 Å². The molecule has 1 aromatic carbocycles. The van der Waals surface area contributed by atoms with Crippen molar-refractivity contribution in [1.29, 1.82) is 0 Å². The lowest BCUT2D eigenvalue weighted by molar-refractivity contribution is -0.139. The summed E-state index contributed by atoms with van der Waals surface area (Å²) < 4.78 is 25.5. The fraction of sp³-hybridized carbons (Fsp3) is 0.545. The highest BCUT2D eigenvalue weighted by atomic mass is 16.7. The van der Waals surface area contributed by atoms with E-state index in [2.05, 4.69) is 16.4 Å². The predicted octanol–water partition coefficient (Wildman–Crippen LogP) is 5.16. The van der Waals surface area contributed by atoms with Crippen molar-refractivity contribution < 1.29 is 33.3 Å². The van der Waals surface area contributed by atoms with Gasteiger partial charge in [0.05, 0.1) is 27.9 Å². The van der Waals surface area contributed by atoms with Gasteiger partial charge in [-0.05, 0) is 37.0 Å². The third-order valence-electron chi connectivity index (χ3n) is 4.15. The zero-order valence-electron chi connectivity index (χ0n) is 17.8. The Bertz CT molecular complexity index is 642. The van der Waals surface area contributed by atoms with E-state index in [1.807, 2.05) is 24.3 Å². The number of carbonyl (C=O) groups is 2. The smallest absolute Gasteiger partial charge is 0.493 e. The fourth-order valence-corrected chi connectivity index (χ4v) is 2.61. The topological polar surface area (TPSA) is 80.3 Å². The molecular formula is C22H32O7. The van der Waals surface area contributed by atoms with E-state index >= 15 is 0 Å². The molecule has 0 atom stereocenters. The Kier molecular flexibility index (Phi) is 12.0. The second-order valence-corrected chi connectivity index (χ2v) is 6.39. The van der Waals surface area contributed by atoms with Gasteiger partial charge in [-0.3, -0.25) is 4.79 Å². The third-order valence-corrected chi connectivity index (χ3v) is 4.15. The molecule has 29 heavy (non-hydrogen) atoms. The van der Waals surface area contributed by atoms with Gasteiger partial charge in [0.2, 0.25) is 5.75 Å². The van der Waals surface area contributed by atoms with E-state index in [4.69, 9.17) is 14.2 Å². The van der Waals surface area contributed by atoms with Crippen molar-refractivity contribution >= 4 is 18.2 Å². The number of hydrogen-bond donors (Lipinski definition) is 0. The van der Waals surface area contributed by atoms with Crippen molar-refractivity contribution in [3.8, 4) is 17.2 Å². The van der Waals surface area contributed by atoms with Crippen molar-refractivity contribution in [1.82, 2.24) is 0 Å². The van der Waals surface area contributed by atoms with E-state index in [1.165, 1.54) is 12.8 Å². The second kappa shape index (κ2) is 14.3. The van der Waals surface area contributed by atoms with E-state index in [-0.39, 0.29) is 6.42 Å². The first-order valence-corrected chi connectivity index (χ1v) is 9.89. The first-order valence-electron chi connectivity index (χ1n) is 9.89. The molecule has 0 bridgehead atoms. The molecule has 0 saturated heterocycles. The minimum absolute atomic E-state index is 0.136. The maximum absolute atomic E-state index is 11.4. The standard InChI is InChI=1S/C22H32O7/c1-5-6-7-11-14-28-21-18(25-2)15-17(16-19(21)26-3)12-9-8-10-13-20(23)29-22(24)27-4/h9,12,15-16H,5-8,10-11,13-14H2,1-4H3/b12-9+. The molecule has 0 aliphatic heterocycles. The first kappa shape index (κ1) is 24.3. The lowest BCUT2D eigenvalue weighted by Crippen LogP contribution is -2.11. The van der Waals surface area contributed by atoms with Crippen LogP contribution < -0.4 is 14.2 Å². The zero-order chi connectivity index (χ0) is 21.5. The highest BCUT2D eigenvalue weighted by molar-refractivity contribution is 5.81. The monoisotopic (exact) mass is 408 g/mol. The van der Waals surface area contributed by atoms with Gasteiger partial charge in [-0.25, -0.2) is 4.79 Å². The number of ether oxygens (including phenoxy) is 5. The summed E-state index contributed by atoms with van der Waals surface area (Å²) in [5.41, 5.74) is 0.897. The second-order valence-electron chi connectivity index (χ2n) is 6.39. The number of rotatable bonds is 13. The molecule has 0 saturated carbocycles. The third kappa shape index (κ3) is 9.36. The van der Waals surface area contributed by atoms with Crippen LogP contribution in [0.15, 0.2) is 18.2 Å². The number of esters is 1. The van der Waals surface area contributed by atoms with Crippen molar-refractivity contribution in [2.24, 2.45) is 0 Å². The van der Waals surface area contributed by atoms with Crippen molar-refractivity contribution in [3.05, 3.63) is 23.8 Å². The minimum atomic E-state index is -0.989. The SMILES string of the molecule is CCCCCCOc1c(OC)cc(/C=C/CCCC(=O)OC(=O)OC)cc1OC. The molecule has 1 aromatic rings. The van der Waals surface area contributed by atoms with Gasteiger partial charge in [-0.15, -0.1) is 0 Å². The van der Waals surface area contributed by atoms with Crippen LogP contribution in [0.3, 0.4) is 0 Å². The molecule has 0 heterocycles. The van der Waals surface area contributed by atoms with Gasteiger partial charge in [0.25, 0.3) is 0 Å². The first-order chi connectivity index (χ1) is 14.0. The highest BCUT2D eigenvalue weighted by Gasteiger charge is 2.13. The average molecular weight is 408 g/mol. The summed E-state index contributed by atoms with van der Waals surface area (Å²) in [7, 11) is 4.35. The van der Waals surface area contributed by atoms with Crippen LogP contribution in [0.5, 0.6) is 17.2 Å². The molecule has 0 aromatic heterocycles. The fourth-order valence-electron chi connectivity index (χ4n) is 2.61. The Balaban J connectivity index is 2.62. The molecule has 162 valence electrons. The summed E-state index contributed by atoms with van der Waals surface area (Å²) >= 11 is 0. The number of unbranched alkanes of at least 4 members (excludes halogenated alkanes) is 4. The summed E-state index contributed by atoms with van der Waals surface area (Å²) in [6.07, 6.45) is 8.70. The van der Waals surface area contributed by atoms with Gasteiger partial charge in [-0.1, -0.05) is 38.3 Å². The number of benzene rings is 1. The van der Waals surface area contributed by atoms with E-state index in [1.54, 1.807) is 14.2 Å². The molecule has 0 aliphatic rings. The summed E-state index contributed by atoms with van der Waals surface area (Å²) in [5.74, 6) is 1.23. The Hall–Kier alpha value is -2.70. The normalized spacial score (nSPS) is 10.6. The predicted molar refractivity (Wildman–Crippen MR) is 111 cm³/mol. The van der Waals surface area contributed by atoms with Crippen LogP contribution in [-0.2, 0) is 14.3 Å². The molecule has 0 fully saturated rings. The molecule has 0 spiro atoms. The zero-order valence-corrected chi connectivity index (χ0v) is 17.8. The molecule has 7 heteroatoms. The number of methoxy groups -OCH3 is 3. The Morgan fingerprint density at radius 1 is 0.966 bits per heavy atom. The maximum Gasteiger partial charge on any atom is 0.515 e. The van der Waals surface area contributed by atoms with Crippen molar-refractivity contribution in [3.63, 3.8) is 0 Å². The minimum Gasteiger partial charge on any atom is -0.493 e. The van der Waals surface area contributed by atoms with Crippen LogP contribution in [-0.4, -0.2) is 40.1 Å². The molecule has 0 N–H and O–H groups in total. The largest absolute Gasteiger partial charge is 0.515 e. The van der Waals surface area contributed by atoms with E-state index in [9.17, 15) is 9.59 Å². The van der Waals surface area contributed by atoms with Crippen LogP contribution >= 0.6 is 0 Å². The average Bonchev–Trinajstić information content (AvgIpc) is 2.73. The Morgan fingerprint density at radius 3 is 2.24 bits per heavy atom. The Labute approximate surface area is 172 Å². The van der Waals surface area contributed by atoms with Crippen molar-refractivity contribution in [2.45, 2.75) is 51.9 Å². The number of allylic oxidation sites excluding steroid dienone is 1. The van der Waals surface area contributed by atoms with Crippen LogP contribution in [0.25, 0.3) is 6.08 Å². The Morgan fingerprint density at radius 2 is 1.66 bits per heavy atom. The summed E-state index contributed by atoms with van der Waals surface area (Å²) in [6, 6.07) is 3.76. The maximum atomic E-state index is 11.4. The molecule has 7 nitrogen and oxygen atoms in total. The highest BCUT2D eigenvalue weighted by Crippen LogP contribution is 2.39. The summed E-state index contributed by atoms with van der Waals surface area (Å²) in [4.78, 5) is 22.2. The number of carbonyl (C=O) groups excluding carboxylic acids is 2. The van der Waals surface area contributed by atoms with Gasteiger partial charge in [0.15, 0.2) is 11.5 Å². The molecule has 0 amide bonds.